The Morgan fingerprint density at radius 3 is 2.81 bits per heavy atom. The molecule has 1 fully saturated rings. The van der Waals surface area contributed by atoms with Gasteiger partial charge in [0.25, 0.3) is 0 Å². The van der Waals surface area contributed by atoms with Crippen LogP contribution in [0.1, 0.15) is 6.92 Å². The summed E-state index contributed by atoms with van der Waals surface area (Å²) in [6.07, 6.45) is -0.447. The lowest BCUT2D eigenvalue weighted by Gasteiger charge is -2.40. The van der Waals surface area contributed by atoms with E-state index in [-0.39, 0.29) is 12.0 Å². The number of hydrogen-bond donors (Lipinski definition) is 3. The number of hydrogen-bond acceptors (Lipinski definition) is 5. The van der Waals surface area contributed by atoms with Gasteiger partial charge in [0.15, 0.2) is 0 Å². The first-order valence-electron chi connectivity index (χ1n) is 7.19. The summed E-state index contributed by atoms with van der Waals surface area (Å²) in [5.41, 5.74) is 1.69. The Kier molecular flexibility index (Phi) is 3.84. The maximum absolute atomic E-state index is 9.64. The van der Waals surface area contributed by atoms with E-state index in [1.54, 1.807) is 6.92 Å². The van der Waals surface area contributed by atoms with Crippen LogP contribution < -0.4 is 5.32 Å². The lowest BCUT2D eigenvalue weighted by atomic mass is 9.87. The molecule has 0 amide bonds. The summed E-state index contributed by atoms with van der Waals surface area (Å²) >= 11 is 0. The minimum absolute atomic E-state index is 0.0926. The van der Waals surface area contributed by atoms with Crippen molar-refractivity contribution in [3.8, 4) is 0 Å². The minimum Gasteiger partial charge on any atom is -0.396 e. The number of aliphatic hydroxyl groups is 2. The molecule has 3 N–H and O–H groups in total. The third-order valence-corrected chi connectivity index (χ3v) is 3.86. The Labute approximate surface area is 123 Å². The number of aliphatic hydroxyl groups excluding tert-OH is 2. The highest BCUT2D eigenvalue weighted by Crippen LogP contribution is 2.32. The summed E-state index contributed by atoms with van der Waals surface area (Å²) in [6.45, 7) is 4.03. The molecule has 0 bridgehead atoms. The Morgan fingerprint density at radius 2 is 2.19 bits per heavy atom. The molecule has 1 atom stereocenters. The van der Waals surface area contributed by atoms with Crippen LogP contribution in [0.4, 0.5) is 5.95 Å². The number of aromatic nitrogens is 2. The second-order valence-corrected chi connectivity index (χ2v) is 5.89. The lowest BCUT2D eigenvalue weighted by molar-refractivity contribution is -0.144. The number of benzene rings is 1. The highest BCUT2D eigenvalue weighted by molar-refractivity contribution is 5.78. The van der Waals surface area contributed by atoms with Crippen molar-refractivity contribution in [1.82, 2.24) is 9.55 Å². The molecule has 0 saturated carbocycles. The van der Waals surface area contributed by atoms with Gasteiger partial charge in [-0.1, -0.05) is 12.1 Å². The Bertz CT molecular complexity index is 614. The molecule has 1 aliphatic rings. The van der Waals surface area contributed by atoms with Crippen molar-refractivity contribution in [2.75, 3.05) is 31.7 Å². The van der Waals surface area contributed by atoms with Crippen LogP contribution in [0.3, 0.4) is 0 Å². The first-order chi connectivity index (χ1) is 10.1. The van der Waals surface area contributed by atoms with Crippen molar-refractivity contribution in [3.05, 3.63) is 24.3 Å². The van der Waals surface area contributed by atoms with Gasteiger partial charge in [-0.2, -0.15) is 0 Å². The van der Waals surface area contributed by atoms with Crippen molar-refractivity contribution in [3.63, 3.8) is 0 Å². The van der Waals surface area contributed by atoms with Crippen LogP contribution in [0, 0.1) is 5.41 Å². The van der Waals surface area contributed by atoms with Gasteiger partial charge < -0.3 is 24.8 Å². The van der Waals surface area contributed by atoms with Gasteiger partial charge in [-0.25, -0.2) is 4.98 Å². The number of anilines is 1. The maximum Gasteiger partial charge on any atom is 0.203 e. The Hall–Kier alpha value is -1.63. The Morgan fingerprint density at radius 1 is 1.43 bits per heavy atom. The number of imidazole rings is 1. The monoisotopic (exact) mass is 291 g/mol. The predicted octanol–water partition coefficient (Wildman–Crippen LogP) is 0.838. The van der Waals surface area contributed by atoms with E-state index in [1.165, 1.54) is 0 Å². The van der Waals surface area contributed by atoms with Crippen molar-refractivity contribution >= 4 is 17.0 Å². The molecule has 1 aromatic carbocycles. The zero-order chi connectivity index (χ0) is 14.9. The van der Waals surface area contributed by atoms with Gasteiger partial charge in [0.05, 0.1) is 42.4 Å². The van der Waals surface area contributed by atoms with Crippen molar-refractivity contribution in [1.29, 1.82) is 0 Å². The van der Waals surface area contributed by atoms with E-state index in [0.29, 0.717) is 26.3 Å². The average molecular weight is 291 g/mol. The van der Waals surface area contributed by atoms with Crippen molar-refractivity contribution < 1.29 is 14.9 Å². The molecule has 1 unspecified atom stereocenters. The van der Waals surface area contributed by atoms with Crippen LogP contribution in [0.5, 0.6) is 0 Å². The van der Waals surface area contributed by atoms with E-state index < -0.39 is 6.10 Å². The molecule has 2 heterocycles. The van der Waals surface area contributed by atoms with Gasteiger partial charge in [-0.15, -0.1) is 0 Å². The van der Waals surface area contributed by atoms with Crippen molar-refractivity contribution in [2.45, 2.75) is 19.6 Å². The number of fused-ring (bicyclic) bond motifs is 1. The summed E-state index contributed by atoms with van der Waals surface area (Å²) in [6, 6.07) is 7.90. The fraction of sp³-hybridized carbons (Fsp3) is 0.533. The van der Waals surface area contributed by atoms with Crippen LogP contribution in [0.15, 0.2) is 24.3 Å². The molecule has 21 heavy (non-hydrogen) atoms. The lowest BCUT2D eigenvalue weighted by Crippen LogP contribution is -2.48. The van der Waals surface area contributed by atoms with Gasteiger partial charge in [0, 0.05) is 13.1 Å². The first-order valence-corrected chi connectivity index (χ1v) is 7.19. The molecular weight excluding hydrogens is 270 g/mol. The van der Waals surface area contributed by atoms with E-state index in [9.17, 15) is 10.2 Å². The third kappa shape index (κ3) is 2.74. The minimum atomic E-state index is -0.447. The van der Waals surface area contributed by atoms with Gasteiger partial charge in [0.2, 0.25) is 5.95 Å². The van der Waals surface area contributed by atoms with E-state index in [2.05, 4.69) is 14.9 Å². The number of ether oxygens (including phenoxy) is 1. The molecular formula is C15H21N3O3. The molecule has 1 saturated heterocycles. The molecule has 1 aromatic heterocycles. The van der Waals surface area contributed by atoms with Gasteiger partial charge >= 0.3 is 0 Å². The summed E-state index contributed by atoms with van der Waals surface area (Å²) < 4.78 is 7.34. The number of rotatable bonds is 6. The largest absolute Gasteiger partial charge is 0.396 e. The van der Waals surface area contributed by atoms with Crippen LogP contribution in [0.2, 0.25) is 0 Å². The van der Waals surface area contributed by atoms with Crippen LogP contribution in [0.25, 0.3) is 11.0 Å². The second-order valence-electron chi connectivity index (χ2n) is 5.89. The average Bonchev–Trinajstić information content (AvgIpc) is 2.78. The molecule has 6 heteroatoms. The Balaban J connectivity index is 1.94. The summed E-state index contributed by atoms with van der Waals surface area (Å²) in [4.78, 5) is 4.58. The summed E-state index contributed by atoms with van der Waals surface area (Å²) in [7, 11) is 0. The molecule has 114 valence electrons. The fourth-order valence-electron chi connectivity index (χ4n) is 2.57. The maximum atomic E-state index is 9.64. The van der Waals surface area contributed by atoms with E-state index in [4.69, 9.17) is 4.74 Å². The van der Waals surface area contributed by atoms with E-state index in [1.807, 2.05) is 24.3 Å². The topological polar surface area (TPSA) is 79.5 Å². The summed E-state index contributed by atoms with van der Waals surface area (Å²) in [5, 5.41) is 22.3. The number of nitrogens with zero attached hydrogens (tertiary/aromatic N) is 2. The standard InChI is InChI=1S/C15H21N3O3/c1-11(20)6-16-14-17-12-4-2-3-5-13(12)18(14)7-15(8-19)9-21-10-15/h2-5,11,19-20H,6-10H2,1H3,(H,16,17). The van der Waals surface area contributed by atoms with Gasteiger partial charge in [-0.05, 0) is 19.1 Å². The SMILES string of the molecule is CC(O)CNc1nc2ccccc2n1CC1(CO)COC1. The molecule has 2 aromatic rings. The molecule has 3 rings (SSSR count). The highest BCUT2D eigenvalue weighted by atomic mass is 16.5. The van der Waals surface area contributed by atoms with Gasteiger partial charge in [-0.3, -0.25) is 0 Å². The zero-order valence-electron chi connectivity index (χ0n) is 12.1. The van der Waals surface area contributed by atoms with Crippen LogP contribution in [-0.2, 0) is 11.3 Å². The number of para-hydroxylation sites is 2. The van der Waals surface area contributed by atoms with Crippen molar-refractivity contribution in [2.24, 2.45) is 5.41 Å². The molecule has 0 spiro atoms. The smallest absolute Gasteiger partial charge is 0.203 e. The third-order valence-electron chi connectivity index (χ3n) is 3.86. The van der Waals surface area contributed by atoms with E-state index >= 15 is 0 Å². The fourth-order valence-corrected chi connectivity index (χ4v) is 2.57. The van der Waals surface area contributed by atoms with E-state index in [0.717, 1.165) is 17.0 Å². The molecule has 6 nitrogen and oxygen atoms in total. The predicted molar refractivity (Wildman–Crippen MR) is 80.2 cm³/mol. The normalized spacial score (nSPS) is 18.4. The molecule has 0 aliphatic carbocycles. The molecule has 0 radical (unpaired) electrons. The quantitative estimate of drug-likeness (QED) is 0.735. The number of nitrogens with one attached hydrogen (secondary N) is 1. The molecule has 1 aliphatic heterocycles. The first kappa shape index (κ1) is 14.3. The zero-order valence-corrected chi connectivity index (χ0v) is 12.1. The highest BCUT2D eigenvalue weighted by Gasteiger charge is 2.39. The van der Waals surface area contributed by atoms with Gasteiger partial charge in [0.1, 0.15) is 0 Å². The van der Waals surface area contributed by atoms with Crippen LogP contribution >= 0.6 is 0 Å². The van der Waals surface area contributed by atoms with Crippen LogP contribution in [-0.4, -0.2) is 52.2 Å². The summed E-state index contributed by atoms with van der Waals surface area (Å²) in [5.74, 6) is 0.719. The second kappa shape index (κ2) is 5.63.